The van der Waals surface area contributed by atoms with Gasteiger partial charge < -0.3 is 21.5 Å². The minimum absolute atomic E-state index is 0.0984. The van der Waals surface area contributed by atoms with E-state index in [2.05, 4.69) is 26.6 Å². The fourth-order valence-electron chi connectivity index (χ4n) is 1.19. The van der Waals surface area contributed by atoms with E-state index in [1.54, 1.807) is 0 Å². The molecular formula is C11H12BrN3O4. The minimum atomic E-state index is -1.06. The average Bonchev–Trinajstić information content (AvgIpc) is 2.38. The van der Waals surface area contributed by atoms with Crippen LogP contribution in [0.3, 0.4) is 0 Å². The number of carbonyl (C=O) groups is 3. The number of nitrogens with two attached hydrogens (primary N) is 1. The lowest BCUT2D eigenvalue weighted by Crippen LogP contribution is -2.36. The smallest absolute Gasteiger partial charge is 0.335 e. The summed E-state index contributed by atoms with van der Waals surface area (Å²) < 4.78 is 0.436. The van der Waals surface area contributed by atoms with E-state index >= 15 is 0 Å². The first kappa shape index (κ1) is 15.1. The molecule has 0 fully saturated rings. The first-order valence-corrected chi connectivity index (χ1v) is 6.02. The molecule has 0 atom stereocenters. The maximum atomic E-state index is 11.5. The zero-order valence-corrected chi connectivity index (χ0v) is 11.4. The number of carboxylic acids is 1. The Bertz CT molecular complexity index is 519. The Morgan fingerprint density at radius 1 is 1.26 bits per heavy atom. The molecule has 2 amide bonds. The van der Waals surface area contributed by atoms with Gasteiger partial charge in [0.2, 0.25) is 11.8 Å². The second-order valence-corrected chi connectivity index (χ2v) is 4.38. The molecule has 0 heterocycles. The van der Waals surface area contributed by atoms with Crippen LogP contribution in [0.1, 0.15) is 10.4 Å². The lowest BCUT2D eigenvalue weighted by molar-refractivity contribution is -0.123. The molecule has 0 aliphatic rings. The van der Waals surface area contributed by atoms with Crippen molar-refractivity contribution in [2.75, 3.05) is 18.4 Å². The minimum Gasteiger partial charge on any atom is -0.478 e. The lowest BCUT2D eigenvalue weighted by atomic mass is 10.2. The van der Waals surface area contributed by atoms with Crippen molar-refractivity contribution in [1.29, 1.82) is 0 Å². The van der Waals surface area contributed by atoms with Crippen LogP contribution in [0.2, 0.25) is 0 Å². The van der Waals surface area contributed by atoms with Crippen LogP contribution < -0.4 is 16.4 Å². The van der Waals surface area contributed by atoms with Crippen LogP contribution in [0, 0.1) is 0 Å². The molecule has 5 N–H and O–H groups in total. The topological polar surface area (TPSA) is 122 Å². The van der Waals surface area contributed by atoms with E-state index in [4.69, 9.17) is 10.8 Å². The highest BCUT2D eigenvalue weighted by atomic mass is 79.9. The molecule has 19 heavy (non-hydrogen) atoms. The average molecular weight is 330 g/mol. The zero-order valence-electron chi connectivity index (χ0n) is 9.77. The Morgan fingerprint density at radius 3 is 2.47 bits per heavy atom. The van der Waals surface area contributed by atoms with Crippen LogP contribution in [0.25, 0.3) is 0 Å². The molecule has 0 spiro atoms. The number of hydrogen-bond donors (Lipinski definition) is 4. The highest BCUT2D eigenvalue weighted by Crippen LogP contribution is 2.23. The molecule has 0 saturated heterocycles. The Labute approximate surface area is 117 Å². The number of amides is 2. The second-order valence-electron chi connectivity index (χ2n) is 3.53. The lowest BCUT2D eigenvalue weighted by Gasteiger charge is -2.08. The zero-order chi connectivity index (χ0) is 14.4. The third-order valence-electron chi connectivity index (χ3n) is 2.12. The normalized spacial score (nSPS) is 9.79. The predicted molar refractivity (Wildman–Crippen MR) is 71.8 cm³/mol. The van der Waals surface area contributed by atoms with E-state index in [0.717, 1.165) is 0 Å². The second kappa shape index (κ2) is 6.86. The molecule has 1 aromatic carbocycles. The summed E-state index contributed by atoms with van der Waals surface area (Å²) >= 11 is 3.15. The van der Waals surface area contributed by atoms with Crippen molar-refractivity contribution in [2.24, 2.45) is 5.73 Å². The van der Waals surface area contributed by atoms with Crippen LogP contribution >= 0.6 is 15.9 Å². The van der Waals surface area contributed by atoms with Gasteiger partial charge in [0, 0.05) is 4.47 Å². The summed E-state index contributed by atoms with van der Waals surface area (Å²) in [4.78, 5) is 33.1. The number of nitrogens with one attached hydrogen (secondary N) is 2. The van der Waals surface area contributed by atoms with Gasteiger partial charge in [-0.05, 0) is 34.1 Å². The van der Waals surface area contributed by atoms with Gasteiger partial charge in [0.25, 0.3) is 0 Å². The number of halogens is 1. The van der Waals surface area contributed by atoms with Gasteiger partial charge in [-0.15, -0.1) is 0 Å². The summed E-state index contributed by atoms with van der Waals surface area (Å²) in [6, 6.07) is 4.19. The van der Waals surface area contributed by atoms with E-state index in [0.29, 0.717) is 10.2 Å². The molecule has 0 aliphatic heterocycles. The van der Waals surface area contributed by atoms with E-state index < -0.39 is 17.8 Å². The van der Waals surface area contributed by atoms with Crippen LogP contribution in [0.4, 0.5) is 5.69 Å². The summed E-state index contributed by atoms with van der Waals surface area (Å²) in [5.74, 6) is -1.94. The van der Waals surface area contributed by atoms with Gasteiger partial charge in [0.05, 0.1) is 24.3 Å². The molecule has 1 aromatic rings. The number of benzene rings is 1. The molecule has 7 nitrogen and oxygen atoms in total. The highest BCUT2D eigenvalue weighted by Gasteiger charge is 2.09. The third kappa shape index (κ3) is 4.68. The number of carboxylic acid groups (broad SMARTS) is 1. The number of hydrogen-bond acceptors (Lipinski definition) is 4. The fraction of sp³-hybridized carbons (Fsp3) is 0.182. The fourth-order valence-corrected chi connectivity index (χ4v) is 1.67. The number of rotatable bonds is 5. The first-order chi connectivity index (χ1) is 8.93. The number of carbonyl (C=O) groups excluding carboxylic acids is 2. The number of aromatic carboxylic acids is 1. The predicted octanol–water partition coefficient (Wildman–Crippen LogP) is 0.161. The van der Waals surface area contributed by atoms with Crippen LogP contribution in [-0.2, 0) is 9.59 Å². The molecule has 1 rings (SSSR count). The van der Waals surface area contributed by atoms with Gasteiger partial charge >= 0.3 is 5.97 Å². The molecule has 0 unspecified atom stereocenters. The van der Waals surface area contributed by atoms with Crippen LogP contribution in [0.15, 0.2) is 22.7 Å². The van der Waals surface area contributed by atoms with Crippen molar-refractivity contribution in [3.63, 3.8) is 0 Å². The van der Waals surface area contributed by atoms with Gasteiger partial charge in [0.15, 0.2) is 0 Å². The first-order valence-electron chi connectivity index (χ1n) is 5.23. The molecule has 0 aliphatic carbocycles. The third-order valence-corrected chi connectivity index (χ3v) is 2.78. The molecule has 0 saturated carbocycles. The SMILES string of the molecule is NCC(=O)NCC(=O)Nc1ccc(C(=O)O)cc1Br. The monoisotopic (exact) mass is 329 g/mol. The van der Waals surface area contributed by atoms with Gasteiger partial charge in [-0.25, -0.2) is 4.79 Å². The summed E-state index contributed by atoms with van der Waals surface area (Å²) in [6.07, 6.45) is 0. The molecule has 0 bridgehead atoms. The van der Waals surface area contributed by atoms with Crippen molar-refractivity contribution >= 4 is 39.4 Å². The maximum absolute atomic E-state index is 11.5. The van der Waals surface area contributed by atoms with Gasteiger partial charge in [-0.2, -0.15) is 0 Å². The van der Waals surface area contributed by atoms with E-state index in [-0.39, 0.29) is 18.7 Å². The Kier molecular flexibility index (Phi) is 5.46. The summed E-state index contributed by atoms with van der Waals surface area (Å²) in [5, 5.41) is 13.6. The van der Waals surface area contributed by atoms with Crippen molar-refractivity contribution in [1.82, 2.24) is 5.32 Å². The molecule has 8 heteroatoms. The van der Waals surface area contributed by atoms with Crippen molar-refractivity contribution < 1.29 is 19.5 Å². The van der Waals surface area contributed by atoms with E-state index in [1.165, 1.54) is 18.2 Å². The van der Waals surface area contributed by atoms with Gasteiger partial charge in [-0.3, -0.25) is 9.59 Å². The van der Waals surface area contributed by atoms with E-state index in [9.17, 15) is 14.4 Å². The van der Waals surface area contributed by atoms with Crippen molar-refractivity contribution in [3.05, 3.63) is 28.2 Å². The van der Waals surface area contributed by atoms with Crippen LogP contribution in [-0.4, -0.2) is 36.0 Å². The highest BCUT2D eigenvalue weighted by molar-refractivity contribution is 9.10. The molecule has 0 aromatic heterocycles. The number of anilines is 1. The summed E-state index contributed by atoms with van der Waals surface area (Å²) in [7, 11) is 0. The van der Waals surface area contributed by atoms with Crippen molar-refractivity contribution in [3.8, 4) is 0 Å². The quantitative estimate of drug-likeness (QED) is 0.613. The van der Waals surface area contributed by atoms with Crippen LogP contribution in [0.5, 0.6) is 0 Å². The Morgan fingerprint density at radius 2 is 1.95 bits per heavy atom. The largest absolute Gasteiger partial charge is 0.478 e. The van der Waals surface area contributed by atoms with Gasteiger partial charge in [-0.1, -0.05) is 0 Å². The standard InChI is InChI=1S/C11H12BrN3O4/c12-7-3-6(11(18)19)1-2-8(7)15-10(17)5-14-9(16)4-13/h1-3H,4-5,13H2,(H,14,16)(H,15,17)(H,18,19). The molecular weight excluding hydrogens is 318 g/mol. The van der Waals surface area contributed by atoms with E-state index in [1.807, 2.05) is 0 Å². The molecule has 0 radical (unpaired) electrons. The van der Waals surface area contributed by atoms with Crippen molar-refractivity contribution in [2.45, 2.75) is 0 Å². The van der Waals surface area contributed by atoms with Gasteiger partial charge in [0.1, 0.15) is 0 Å². The Balaban J connectivity index is 2.64. The summed E-state index contributed by atoms with van der Waals surface area (Å²) in [6.45, 7) is -0.395. The summed E-state index contributed by atoms with van der Waals surface area (Å²) in [5.41, 5.74) is 5.59. The maximum Gasteiger partial charge on any atom is 0.335 e. The Hall–Kier alpha value is -1.93. The molecule has 102 valence electrons.